The van der Waals surface area contributed by atoms with E-state index in [4.69, 9.17) is 4.42 Å². The Balaban J connectivity index is 1.26. The van der Waals surface area contributed by atoms with E-state index in [1.54, 1.807) is 11.1 Å². The molecule has 7 heteroatoms. The molecule has 0 N–H and O–H groups in total. The first-order valence-corrected chi connectivity index (χ1v) is 11.7. The third-order valence-electron chi connectivity index (χ3n) is 6.50. The van der Waals surface area contributed by atoms with Crippen LogP contribution in [0.2, 0.25) is 0 Å². The Morgan fingerprint density at radius 1 is 1.03 bits per heavy atom. The molecule has 2 aromatic heterocycles. The minimum Gasteiger partial charge on any atom is -0.445 e. The lowest BCUT2D eigenvalue weighted by molar-refractivity contribution is -0.138. The number of rotatable bonds is 5. The molecular weight excluding hydrogens is 416 g/mol. The molecule has 4 heterocycles. The van der Waals surface area contributed by atoms with Crippen LogP contribution in [0, 0.1) is 0 Å². The Bertz CT molecular complexity index is 1110. The van der Waals surface area contributed by atoms with Crippen molar-refractivity contribution in [3.63, 3.8) is 0 Å². The van der Waals surface area contributed by atoms with Crippen molar-refractivity contribution < 1.29 is 14.0 Å². The zero-order chi connectivity index (χ0) is 22.6. The van der Waals surface area contributed by atoms with Crippen LogP contribution in [0.5, 0.6) is 0 Å². The second kappa shape index (κ2) is 9.57. The monoisotopic (exact) mass is 444 g/mol. The molecule has 33 heavy (non-hydrogen) atoms. The van der Waals surface area contributed by atoms with Crippen LogP contribution in [-0.4, -0.2) is 50.7 Å². The Kier molecular flexibility index (Phi) is 6.19. The molecule has 1 atom stereocenters. The quantitative estimate of drug-likeness (QED) is 0.602. The van der Waals surface area contributed by atoms with Crippen molar-refractivity contribution in [1.29, 1.82) is 0 Å². The van der Waals surface area contributed by atoms with E-state index in [9.17, 15) is 9.59 Å². The second-order valence-corrected chi connectivity index (χ2v) is 8.72. The molecule has 0 bridgehead atoms. The summed E-state index contributed by atoms with van der Waals surface area (Å²) in [6.07, 6.45) is 8.38. The molecule has 1 saturated heterocycles. The van der Waals surface area contributed by atoms with Gasteiger partial charge in [0.05, 0.1) is 6.54 Å². The molecule has 2 aliphatic heterocycles. The lowest BCUT2D eigenvalue weighted by atomic mass is 9.98. The average Bonchev–Trinajstić information content (AvgIpc) is 3.30. The smallest absolute Gasteiger partial charge is 0.254 e. The Morgan fingerprint density at radius 2 is 1.91 bits per heavy atom. The molecule has 1 fully saturated rings. The summed E-state index contributed by atoms with van der Waals surface area (Å²) >= 11 is 0. The average molecular weight is 445 g/mol. The number of aromatic nitrogens is 2. The first-order chi connectivity index (χ1) is 16.2. The molecule has 5 rings (SSSR count). The van der Waals surface area contributed by atoms with Gasteiger partial charge in [-0.05, 0) is 49.4 Å². The molecule has 0 radical (unpaired) electrons. The number of oxazole rings is 1. The first kappa shape index (κ1) is 21.4. The van der Waals surface area contributed by atoms with Crippen molar-refractivity contribution in [1.82, 2.24) is 19.8 Å². The van der Waals surface area contributed by atoms with Crippen LogP contribution in [0.3, 0.4) is 0 Å². The van der Waals surface area contributed by atoms with Gasteiger partial charge < -0.3 is 14.2 Å². The summed E-state index contributed by atoms with van der Waals surface area (Å²) in [4.78, 5) is 39.0. The van der Waals surface area contributed by atoms with Crippen LogP contribution < -0.4 is 0 Å². The summed E-state index contributed by atoms with van der Waals surface area (Å²) in [6.45, 7) is 1.65. The Labute approximate surface area is 193 Å². The Hall–Kier alpha value is -3.48. The third-order valence-corrected chi connectivity index (χ3v) is 6.50. The van der Waals surface area contributed by atoms with E-state index in [2.05, 4.69) is 9.97 Å². The molecule has 0 saturated carbocycles. The van der Waals surface area contributed by atoms with E-state index in [0.717, 1.165) is 36.3 Å². The van der Waals surface area contributed by atoms with Gasteiger partial charge in [-0.1, -0.05) is 24.3 Å². The number of hydrogen-bond acceptors (Lipinski definition) is 5. The number of carbonyl (C=O) groups is 2. The highest BCUT2D eigenvalue weighted by atomic mass is 16.4. The highest BCUT2D eigenvalue weighted by molar-refractivity contribution is 5.97. The Morgan fingerprint density at radius 3 is 2.73 bits per heavy atom. The predicted octanol–water partition coefficient (Wildman–Crippen LogP) is 3.43. The van der Waals surface area contributed by atoms with Gasteiger partial charge in [-0.2, -0.15) is 0 Å². The largest absolute Gasteiger partial charge is 0.445 e. The number of nitrogens with zero attached hydrogens (tertiary/aromatic N) is 4. The number of amides is 2. The van der Waals surface area contributed by atoms with Gasteiger partial charge in [0.2, 0.25) is 5.91 Å². The molecule has 1 unspecified atom stereocenters. The van der Waals surface area contributed by atoms with Gasteiger partial charge >= 0.3 is 0 Å². The van der Waals surface area contributed by atoms with Crippen molar-refractivity contribution in [2.75, 3.05) is 13.1 Å². The van der Waals surface area contributed by atoms with E-state index in [1.807, 2.05) is 53.6 Å². The van der Waals surface area contributed by atoms with Crippen LogP contribution in [0.25, 0.3) is 0 Å². The topological polar surface area (TPSA) is 79.5 Å². The summed E-state index contributed by atoms with van der Waals surface area (Å²) in [7, 11) is 0. The lowest BCUT2D eigenvalue weighted by Crippen LogP contribution is -2.53. The van der Waals surface area contributed by atoms with Gasteiger partial charge in [0.15, 0.2) is 5.89 Å². The molecule has 3 aromatic rings. The van der Waals surface area contributed by atoms with E-state index in [0.29, 0.717) is 50.4 Å². The van der Waals surface area contributed by atoms with E-state index in [1.165, 1.54) is 0 Å². The zero-order valence-electron chi connectivity index (χ0n) is 18.7. The lowest BCUT2D eigenvalue weighted by Gasteiger charge is -2.38. The number of piperidine rings is 1. The second-order valence-electron chi connectivity index (χ2n) is 8.72. The molecule has 7 nitrogen and oxygen atoms in total. The van der Waals surface area contributed by atoms with Crippen LogP contribution in [0.1, 0.15) is 52.5 Å². The van der Waals surface area contributed by atoms with Gasteiger partial charge in [-0.3, -0.25) is 14.6 Å². The summed E-state index contributed by atoms with van der Waals surface area (Å²) in [5.74, 6) is 1.54. The fourth-order valence-electron chi connectivity index (χ4n) is 4.73. The maximum atomic E-state index is 13.5. The number of fused-ring (bicyclic) bond motifs is 1. The van der Waals surface area contributed by atoms with E-state index >= 15 is 0 Å². The van der Waals surface area contributed by atoms with Gasteiger partial charge in [0.1, 0.15) is 17.5 Å². The highest BCUT2D eigenvalue weighted by Crippen LogP contribution is 2.26. The van der Waals surface area contributed by atoms with Gasteiger partial charge in [0, 0.05) is 43.9 Å². The van der Waals surface area contributed by atoms with Crippen LogP contribution in [0.4, 0.5) is 0 Å². The summed E-state index contributed by atoms with van der Waals surface area (Å²) in [5.41, 5.74) is 2.62. The van der Waals surface area contributed by atoms with E-state index in [-0.39, 0.29) is 11.8 Å². The van der Waals surface area contributed by atoms with E-state index < -0.39 is 6.04 Å². The van der Waals surface area contributed by atoms with Crippen molar-refractivity contribution in [2.24, 2.45) is 0 Å². The van der Waals surface area contributed by atoms with Gasteiger partial charge in [0.25, 0.3) is 5.91 Å². The number of benzene rings is 1. The SMILES string of the molecule is O=C(C1CCCCN1C(=O)c1ccccc1)N1CCc2oc(CCc3cccnc3)nc2C1. The van der Waals surface area contributed by atoms with Crippen molar-refractivity contribution in [3.8, 4) is 0 Å². The summed E-state index contributed by atoms with van der Waals surface area (Å²) in [5, 5.41) is 0. The van der Waals surface area contributed by atoms with Crippen molar-refractivity contribution in [3.05, 3.63) is 83.3 Å². The summed E-state index contributed by atoms with van der Waals surface area (Å²) < 4.78 is 5.98. The number of hydrogen-bond donors (Lipinski definition) is 0. The molecule has 0 aliphatic carbocycles. The van der Waals surface area contributed by atoms with Gasteiger partial charge in [-0.25, -0.2) is 4.98 Å². The number of pyridine rings is 1. The molecule has 2 aliphatic rings. The predicted molar refractivity (Wildman–Crippen MR) is 122 cm³/mol. The van der Waals surface area contributed by atoms with Crippen LogP contribution in [-0.2, 0) is 30.6 Å². The van der Waals surface area contributed by atoms with Crippen molar-refractivity contribution >= 4 is 11.8 Å². The maximum absolute atomic E-state index is 13.5. The number of carbonyl (C=O) groups excluding carboxylic acids is 2. The first-order valence-electron chi connectivity index (χ1n) is 11.7. The number of likely N-dealkylation sites (tertiary alicyclic amines) is 1. The molecular formula is C26H28N4O3. The van der Waals surface area contributed by atoms with Crippen molar-refractivity contribution in [2.45, 2.75) is 51.1 Å². The van der Waals surface area contributed by atoms with Crippen LogP contribution in [0.15, 0.2) is 59.3 Å². The fourth-order valence-corrected chi connectivity index (χ4v) is 4.73. The normalized spacial score (nSPS) is 18.1. The highest BCUT2D eigenvalue weighted by Gasteiger charge is 2.37. The fraction of sp³-hybridized carbons (Fsp3) is 0.385. The van der Waals surface area contributed by atoms with Crippen LogP contribution >= 0.6 is 0 Å². The number of aryl methyl sites for hydroxylation is 2. The molecule has 1 aromatic carbocycles. The standard InChI is InChI=1S/C26H28N4O3/c31-25(20-8-2-1-3-9-20)30-15-5-4-10-22(30)26(32)29-16-13-23-21(18-29)28-24(33-23)12-11-19-7-6-14-27-17-19/h1-3,6-9,14,17,22H,4-5,10-13,15-16,18H2. The van der Waals surface area contributed by atoms with Gasteiger partial charge in [-0.15, -0.1) is 0 Å². The molecule has 2 amide bonds. The third kappa shape index (κ3) is 4.67. The zero-order valence-corrected chi connectivity index (χ0v) is 18.7. The minimum atomic E-state index is -0.412. The molecule has 0 spiro atoms. The minimum absolute atomic E-state index is 0.0181. The summed E-state index contributed by atoms with van der Waals surface area (Å²) in [6, 6.07) is 12.8. The molecule has 170 valence electrons. The maximum Gasteiger partial charge on any atom is 0.254 e.